The van der Waals surface area contributed by atoms with Crippen LogP contribution in [0.5, 0.6) is 0 Å². The molecule has 0 bridgehead atoms. The van der Waals surface area contributed by atoms with Gasteiger partial charge in [-0.15, -0.1) is 0 Å². The standard InChI is InChI=1S/C10H17N5O2S/c1-15-6-7(5-13-15)18(16,17)14-9-4-2-3-8(9)10(11)12/h5-6,8-9,14H,2-4H2,1H3,(H3,11,12). The zero-order valence-corrected chi connectivity index (χ0v) is 10.9. The van der Waals surface area contributed by atoms with E-state index in [1.807, 2.05) is 0 Å². The van der Waals surface area contributed by atoms with Gasteiger partial charge in [-0.25, -0.2) is 13.1 Å². The fourth-order valence-electron chi connectivity index (χ4n) is 2.28. The van der Waals surface area contributed by atoms with E-state index >= 15 is 0 Å². The average molecular weight is 271 g/mol. The van der Waals surface area contributed by atoms with Crippen LogP contribution in [0.25, 0.3) is 0 Å². The quantitative estimate of drug-likeness (QED) is 0.520. The third-order valence-electron chi connectivity index (χ3n) is 3.21. The summed E-state index contributed by atoms with van der Waals surface area (Å²) < 4.78 is 28.2. The molecule has 1 aromatic heterocycles. The number of nitrogens with two attached hydrogens (primary N) is 1. The summed E-state index contributed by atoms with van der Waals surface area (Å²) in [6.45, 7) is 0. The molecular weight excluding hydrogens is 254 g/mol. The molecule has 0 saturated heterocycles. The van der Waals surface area contributed by atoms with Gasteiger partial charge in [-0.3, -0.25) is 10.1 Å². The van der Waals surface area contributed by atoms with Gasteiger partial charge in [0.1, 0.15) is 4.90 Å². The van der Waals surface area contributed by atoms with Crippen LogP contribution in [0, 0.1) is 11.3 Å². The molecule has 4 N–H and O–H groups in total. The van der Waals surface area contributed by atoms with Gasteiger partial charge in [0, 0.05) is 25.2 Å². The van der Waals surface area contributed by atoms with Crippen molar-refractivity contribution in [3.05, 3.63) is 12.4 Å². The maximum Gasteiger partial charge on any atom is 0.243 e. The van der Waals surface area contributed by atoms with Crippen LogP contribution in [0.3, 0.4) is 0 Å². The third-order valence-corrected chi connectivity index (χ3v) is 4.66. The van der Waals surface area contributed by atoms with Crippen molar-refractivity contribution in [2.45, 2.75) is 30.2 Å². The molecule has 2 atom stereocenters. The maximum absolute atomic E-state index is 12.1. The molecule has 0 spiro atoms. The van der Waals surface area contributed by atoms with Crippen molar-refractivity contribution in [1.82, 2.24) is 14.5 Å². The summed E-state index contributed by atoms with van der Waals surface area (Å²) in [5.74, 6) is -0.150. The van der Waals surface area contributed by atoms with Crippen molar-refractivity contribution >= 4 is 15.9 Å². The first-order valence-electron chi connectivity index (χ1n) is 5.75. The Morgan fingerprint density at radius 1 is 1.61 bits per heavy atom. The maximum atomic E-state index is 12.1. The molecule has 1 fully saturated rings. The molecule has 1 aliphatic carbocycles. The molecule has 8 heteroatoms. The predicted molar refractivity (Wildman–Crippen MR) is 66.6 cm³/mol. The first-order chi connectivity index (χ1) is 8.40. The third kappa shape index (κ3) is 2.54. The Kier molecular flexibility index (Phi) is 3.40. The van der Waals surface area contributed by atoms with Crippen LogP contribution in [0.2, 0.25) is 0 Å². The summed E-state index contributed by atoms with van der Waals surface area (Å²) in [5.41, 5.74) is 5.48. The topological polar surface area (TPSA) is 114 Å². The van der Waals surface area contributed by atoms with Gasteiger partial charge in [0.05, 0.1) is 12.0 Å². The van der Waals surface area contributed by atoms with Crippen molar-refractivity contribution in [2.75, 3.05) is 0 Å². The second-order valence-corrected chi connectivity index (χ2v) is 6.28. The summed E-state index contributed by atoms with van der Waals surface area (Å²) in [6, 6.07) is -0.285. The molecule has 1 heterocycles. The first kappa shape index (κ1) is 13.0. The Morgan fingerprint density at radius 3 is 2.89 bits per heavy atom. The van der Waals surface area contributed by atoms with Gasteiger partial charge in [-0.1, -0.05) is 6.42 Å². The molecule has 0 aromatic carbocycles. The van der Waals surface area contributed by atoms with Crippen LogP contribution >= 0.6 is 0 Å². The molecule has 0 aliphatic heterocycles. The van der Waals surface area contributed by atoms with Gasteiger partial charge in [0.2, 0.25) is 10.0 Å². The van der Waals surface area contributed by atoms with Gasteiger partial charge in [-0.2, -0.15) is 5.10 Å². The Morgan fingerprint density at radius 2 is 2.33 bits per heavy atom. The van der Waals surface area contributed by atoms with E-state index in [-0.39, 0.29) is 22.7 Å². The van der Waals surface area contributed by atoms with E-state index in [0.717, 1.165) is 12.8 Å². The largest absolute Gasteiger partial charge is 0.387 e. The number of aryl methyl sites for hydroxylation is 1. The minimum absolute atomic E-state index is 0.0476. The van der Waals surface area contributed by atoms with Crippen molar-refractivity contribution in [1.29, 1.82) is 5.41 Å². The minimum Gasteiger partial charge on any atom is -0.387 e. The lowest BCUT2D eigenvalue weighted by Crippen LogP contribution is -2.41. The molecule has 18 heavy (non-hydrogen) atoms. The van der Waals surface area contributed by atoms with Gasteiger partial charge >= 0.3 is 0 Å². The minimum atomic E-state index is -3.57. The van der Waals surface area contributed by atoms with Crippen LogP contribution in [0.1, 0.15) is 19.3 Å². The Bertz CT molecular complexity index is 550. The van der Waals surface area contributed by atoms with E-state index in [1.54, 1.807) is 7.05 Å². The number of nitrogens with one attached hydrogen (secondary N) is 2. The van der Waals surface area contributed by atoms with Crippen LogP contribution in [0.4, 0.5) is 0 Å². The molecular formula is C10H17N5O2S. The highest BCUT2D eigenvalue weighted by molar-refractivity contribution is 7.89. The molecule has 2 rings (SSSR count). The molecule has 0 radical (unpaired) electrons. The van der Waals surface area contributed by atoms with E-state index in [1.165, 1.54) is 17.1 Å². The van der Waals surface area contributed by atoms with E-state index in [9.17, 15) is 8.42 Å². The lowest BCUT2D eigenvalue weighted by molar-refractivity contribution is 0.521. The van der Waals surface area contributed by atoms with Gasteiger partial charge in [0.25, 0.3) is 0 Å². The fraction of sp³-hybridized carbons (Fsp3) is 0.600. The molecule has 1 saturated carbocycles. The van der Waals surface area contributed by atoms with Gasteiger partial charge in [-0.05, 0) is 12.8 Å². The highest BCUT2D eigenvalue weighted by atomic mass is 32.2. The van der Waals surface area contributed by atoms with Crippen molar-refractivity contribution in [3.63, 3.8) is 0 Å². The molecule has 7 nitrogen and oxygen atoms in total. The van der Waals surface area contributed by atoms with E-state index in [0.29, 0.717) is 6.42 Å². The molecule has 1 aliphatic rings. The van der Waals surface area contributed by atoms with Gasteiger partial charge in [0.15, 0.2) is 0 Å². The fourth-order valence-corrected chi connectivity index (χ4v) is 3.57. The smallest absolute Gasteiger partial charge is 0.243 e. The second-order valence-electron chi connectivity index (χ2n) is 4.57. The van der Waals surface area contributed by atoms with Crippen LogP contribution in [-0.2, 0) is 17.1 Å². The van der Waals surface area contributed by atoms with Crippen molar-refractivity contribution < 1.29 is 8.42 Å². The predicted octanol–water partition coefficient (Wildman–Crippen LogP) is -0.197. The second kappa shape index (κ2) is 4.69. The lowest BCUT2D eigenvalue weighted by atomic mass is 10.0. The molecule has 2 unspecified atom stereocenters. The van der Waals surface area contributed by atoms with Crippen molar-refractivity contribution in [2.24, 2.45) is 18.7 Å². The van der Waals surface area contributed by atoms with Crippen LogP contribution in [0.15, 0.2) is 17.3 Å². The number of sulfonamides is 1. The number of amidine groups is 1. The highest BCUT2D eigenvalue weighted by Gasteiger charge is 2.33. The zero-order valence-electron chi connectivity index (χ0n) is 10.1. The lowest BCUT2D eigenvalue weighted by Gasteiger charge is -2.19. The van der Waals surface area contributed by atoms with E-state index in [4.69, 9.17) is 11.1 Å². The number of hydrogen-bond donors (Lipinski definition) is 3. The summed E-state index contributed by atoms with van der Waals surface area (Å²) in [5, 5.41) is 11.3. The summed E-state index contributed by atoms with van der Waals surface area (Å²) in [4.78, 5) is 0.138. The van der Waals surface area contributed by atoms with Crippen LogP contribution in [-0.4, -0.2) is 30.1 Å². The first-order valence-corrected chi connectivity index (χ1v) is 7.23. The summed E-state index contributed by atoms with van der Waals surface area (Å²) in [6.07, 6.45) is 5.10. The molecule has 1 aromatic rings. The Balaban J connectivity index is 2.16. The Hall–Kier alpha value is -1.41. The Labute approximate surface area is 106 Å². The van der Waals surface area contributed by atoms with E-state index < -0.39 is 10.0 Å². The molecule has 0 amide bonds. The normalized spacial score (nSPS) is 24.3. The number of hydrogen-bond acceptors (Lipinski definition) is 4. The van der Waals surface area contributed by atoms with Crippen LogP contribution < -0.4 is 10.5 Å². The van der Waals surface area contributed by atoms with E-state index in [2.05, 4.69) is 9.82 Å². The monoisotopic (exact) mass is 271 g/mol. The number of nitrogens with zero attached hydrogens (tertiary/aromatic N) is 2. The van der Waals surface area contributed by atoms with Gasteiger partial charge < -0.3 is 5.73 Å². The number of rotatable bonds is 4. The summed E-state index contributed by atoms with van der Waals surface area (Å²) in [7, 11) is -1.92. The SMILES string of the molecule is Cn1cc(S(=O)(=O)NC2CCCC2C(=N)N)cn1. The average Bonchev–Trinajstić information content (AvgIpc) is 2.86. The molecule has 100 valence electrons. The summed E-state index contributed by atoms with van der Waals surface area (Å²) >= 11 is 0. The zero-order chi connectivity index (χ0) is 13.3. The number of aromatic nitrogens is 2. The highest BCUT2D eigenvalue weighted by Crippen LogP contribution is 2.26. The van der Waals surface area contributed by atoms with Crippen molar-refractivity contribution in [3.8, 4) is 0 Å².